The molecule has 2 aromatic rings. The van der Waals surface area contributed by atoms with E-state index in [1.807, 2.05) is 6.20 Å². The zero-order valence-corrected chi connectivity index (χ0v) is 15.8. The summed E-state index contributed by atoms with van der Waals surface area (Å²) in [7, 11) is 6.37. The van der Waals surface area contributed by atoms with E-state index >= 15 is 0 Å². The fourth-order valence-corrected chi connectivity index (χ4v) is 4.21. The van der Waals surface area contributed by atoms with E-state index in [4.69, 9.17) is 0 Å². The molecule has 1 fully saturated rings. The zero-order valence-electron chi connectivity index (χ0n) is 15.0. The highest BCUT2D eigenvalue weighted by Crippen LogP contribution is 2.24. The fraction of sp³-hybridized carbons (Fsp3) is 0.526. The van der Waals surface area contributed by atoms with Crippen LogP contribution in [0.2, 0.25) is 0 Å². The van der Waals surface area contributed by atoms with Crippen molar-refractivity contribution in [1.29, 1.82) is 0 Å². The van der Waals surface area contributed by atoms with Gasteiger partial charge in [-0.1, -0.05) is 30.3 Å². The third kappa shape index (κ3) is 4.56. The average molecular weight is 345 g/mol. The van der Waals surface area contributed by atoms with Crippen LogP contribution in [0.3, 0.4) is 0 Å². The number of nitrogens with zero attached hydrogens (tertiary/aromatic N) is 4. The number of hydrogen-bond donors (Lipinski definition) is 0. The Kier molecular flexibility index (Phi) is 5.87. The first-order chi connectivity index (χ1) is 11.6. The normalized spacial score (nSPS) is 18.9. The topological polar surface area (TPSA) is 22.6 Å². The molecule has 5 heteroatoms. The number of likely N-dealkylation sites (tertiary alicyclic amines) is 1. The summed E-state index contributed by atoms with van der Waals surface area (Å²) in [6, 6.07) is 11.4. The summed E-state index contributed by atoms with van der Waals surface area (Å²) >= 11 is 1.81. The van der Waals surface area contributed by atoms with Crippen LogP contribution in [-0.4, -0.2) is 55.1 Å². The molecular formula is C19H28N4S. The van der Waals surface area contributed by atoms with Gasteiger partial charge in [-0.05, 0) is 32.0 Å². The minimum atomic E-state index is 0.639. The molecule has 24 heavy (non-hydrogen) atoms. The standard InChI is InChI=1S/C19H28N4S/c1-21(2)19-20-12-18(24-19)15-23-11-7-10-17(14-23)22(3)13-16-8-5-4-6-9-16/h4-6,8-9,12,17H,7,10-11,13-15H2,1-3H3/t17-/m1/s1. The van der Waals surface area contributed by atoms with Gasteiger partial charge >= 0.3 is 0 Å². The smallest absolute Gasteiger partial charge is 0.185 e. The highest BCUT2D eigenvalue weighted by Gasteiger charge is 2.23. The molecule has 1 saturated heterocycles. The van der Waals surface area contributed by atoms with Crippen molar-refractivity contribution in [3.8, 4) is 0 Å². The Morgan fingerprint density at radius 1 is 1.21 bits per heavy atom. The van der Waals surface area contributed by atoms with E-state index in [-0.39, 0.29) is 0 Å². The van der Waals surface area contributed by atoms with Crippen molar-refractivity contribution in [2.45, 2.75) is 32.0 Å². The second-order valence-corrected chi connectivity index (χ2v) is 8.03. The first-order valence-electron chi connectivity index (χ1n) is 8.70. The SMILES string of the molecule is CN(C)c1ncc(CN2CCC[C@@H](N(C)Cc3ccccc3)C2)s1. The second kappa shape index (κ2) is 8.10. The molecule has 2 heterocycles. The van der Waals surface area contributed by atoms with Crippen molar-refractivity contribution in [2.75, 3.05) is 39.1 Å². The summed E-state index contributed by atoms with van der Waals surface area (Å²) in [5.41, 5.74) is 1.40. The van der Waals surface area contributed by atoms with Crippen LogP contribution in [-0.2, 0) is 13.1 Å². The summed E-state index contributed by atoms with van der Waals surface area (Å²) in [6.45, 7) is 4.41. The summed E-state index contributed by atoms with van der Waals surface area (Å²) in [5.74, 6) is 0. The van der Waals surface area contributed by atoms with E-state index in [0.717, 1.165) is 24.8 Å². The van der Waals surface area contributed by atoms with Crippen LogP contribution in [0.15, 0.2) is 36.5 Å². The second-order valence-electron chi connectivity index (χ2n) is 6.94. The first-order valence-corrected chi connectivity index (χ1v) is 9.52. The van der Waals surface area contributed by atoms with Crippen molar-refractivity contribution in [3.05, 3.63) is 47.0 Å². The molecule has 0 spiro atoms. The number of hydrogen-bond acceptors (Lipinski definition) is 5. The number of likely N-dealkylation sites (N-methyl/N-ethyl adjacent to an activating group) is 1. The number of anilines is 1. The number of benzene rings is 1. The first kappa shape index (κ1) is 17.4. The van der Waals surface area contributed by atoms with Gasteiger partial charge in [0.05, 0.1) is 0 Å². The monoisotopic (exact) mass is 344 g/mol. The molecule has 4 nitrogen and oxygen atoms in total. The van der Waals surface area contributed by atoms with Gasteiger partial charge in [-0.2, -0.15) is 0 Å². The van der Waals surface area contributed by atoms with Crippen LogP contribution in [0.5, 0.6) is 0 Å². The largest absolute Gasteiger partial charge is 0.354 e. The van der Waals surface area contributed by atoms with E-state index in [2.05, 4.69) is 71.2 Å². The highest BCUT2D eigenvalue weighted by atomic mass is 32.1. The maximum absolute atomic E-state index is 4.50. The van der Waals surface area contributed by atoms with Gasteiger partial charge in [-0.3, -0.25) is 9.80 Å². The van der Waals surface area contributed by atoms with E-state index in [9.17, 15) is 0 Å². The Morgan fingerprint density at radius 2 is 2.00 bits per heavy atom. The number of thiazole rings is 1. The van der Waals surface area contributed by atoms with Gasteiger partial charge in [0.2, 0.25) is 0 Å². The van der Waals surface area contributed by atoms with E-state index < -0.39 is 0 Å². The Bertz CT molecular complexity index is 625. The lowest BCUT2D eigenvalue weighted by Gasteiger charge is -2.37. The Hall–Kier alpha value is -1.43. The Morgan fingerprint density at radius 3 is 2.71 bits per heavy atom. The average Bonchev–Trinajstić information content (AvgIpc) is 3.05. The van der Waals surface area contributed by atoms with E-state index in [1.54, 1.807) is 11.3 Å². The summed E-state index contributed by atoms with van der Waals surface area (Å²) < 4.78 is 0. The fourth-order valence-electron chi connectivity index (χ4n) is 3.33. The third-order valence-corrected chi connectivity index (χ3v) is 5.83. The predicted molar refractivity (Wildman–Crippen MR) is 103 cm³/mol. The minimum Gasteiger partial charge on any atom is -0.354 e. The Balaban J connectivity index is 1.55. The molecule has 0 unspecified atom stereocenters. The molecule has 0 saturated carbocycles. The van der Waals surface area contributed by atoms with Crippen LogP contribution in [0.25, 0.3) is 0 Å². The summed E-state index contributed by atoms with van der Waals surface area (Å²) in [4.78, 5) is 13.0. The van der Waals surface area contributed by atoms with Gasteiger partial charge < -0.3 is 4.90 Å². The molecule has 1 aliphatic heterocycles. The molecule has 1 aromatic heterocycles. The molecule has 130 valence electrons. The lowest BCUT2D eigenvalue weighted by Crippen LogP contribution is -2.45. The predicted octanol–water partition coefficient (Wildman–Crippen LogP) is 3.31. The van der Waals surface area contributed by atoms with Crippen LogP contribution < -0.4 is 4.90 Å². The van der Waals surface area contributed by atoms with Crippen molar-refractivity contribution in [2.24, 2.45) is 0 Å². The van der Waals surface area contributed by atoms with Gasteiger partial charge in [-0.15, -0.1) is 11.3 Å². The van der Waals surface area contributed by atoms with Gasteiger partial charge in [0.1, 0.15) is 0 Å². The number of rotatable bonds is 6. The van der Waals surface area contributed by atoms with Crippen molar-refractivity contribution >= 4 is 16.5 Å². The van der Waals surface area contributed by atoms with Crippen LogP contribution >= 0.6 is 11.3 Å². The lowest BCUT2D eigenvalue weighted by molar-refractivity contribution is 0.108. The van der Waals surface area contributed by atoms with Crippen molar-refractivity contribution < 1.29 is 0 Å². The molecular weight excluding hydrogens is 316 g/mol. The van der Waals surface area contributed by atoms with Gasteiger partial charge in [-0.25, -0.2) is 4.98 Å². The van der Waals surface area contributed by atoms with E-state index in [1.165, 1.54) is 29.8 Å². The molecule has 0 N–H and O–H groups in total. The van der Waals surface area contributed by atoms with Crippen LogP contribution in [0.4, 0.5) is 5.13 Å². The van der Waals surface area contributed by atoms with Gasteiger partial charge in [0.25, 0.3) is 0 Å². The molecule has 0 bridgehead atoms. The van der Waals surface area contributed by atoms with Crippen molar-refractivity contribution in [1.82, 2.24) is 14.8 Å². The zero-order chi connectivity index (χ0) is 16.9. The maximum Gasteiger partial charge on any atom is 0.185 e. The molecule has 0 amide bonds. The highest BCUT2D eigenvalue weighted by molar-refractivity contribution is 7.15. The molecule has 1 atom stereocenters. The van der Waals surface area contributed by atoms with Crippen LogP contribution in [0, 0.1) is 0 Å². The molecule has 1 aromatic carbocycles. The van der Waals surface area contributed by atoms with Crippen molar-refractivity contribution in [3.63, 3.8) is 0 Å². The van der Waals surface area contributed by atoms with E-state index in [0.29, 0.717) is 6.04 Å². The molecule has 3 rings (SSSR count). The van der Waals surface area contributed by atoms with Gasteiger partial charge in [0.15, 0.2) is 5.13 Å². The summed E-state index contributed by atoms with van der Waals surface area (Å²) in [5, 5.41) is 1.10. The number of piperidine rings is 1. The third-order valence-electron chi connectivity index (χ3n) is 4.68. The molecule has 0 radical (unpaired) electrons. The number of aromatic nitrogens is 1. The van der Waals surface area contributed by atoms with Gasteiger partial charge in [0, 0.05) is 50.8 Å². The lowest BCUT2D eigenvalue weighted by atomic mass is 10.0. The Labute approximate surface area is 149 Å². The molecule has 0 aliphatic carbocycles. The maximum atomic E-state index is 4.50. The molecule has 1 aliphatic rings. The van der Waals surface area contributed by atoms with Crippen LogP contribution in [0.1, 0.15) is 23.3 Å². The quantitative estimate of drug-likeness (QED) is 0.802. The summed E-state index contributed by atoms with van der Waals surface area (Å²) in [6.07, 6.45) is 4.62. The minimum absolute atomic E-state index is 0.639.